The lowest BCUT2D eigenvalue weighted by Crippen LogP contribution is -2.27. The lowest BCUT2D eigenvalue weighted by molar-refractivity contribution is 0.611. The highest BCUT2D eigenvalue weighted by molar-refractivity contribution is 5.90. The van der Waals surface area contributed by atoms with Gasteiger partial charge in [-0.25, -0.2) is 0 Å². The summed E-state index contributed by atoms with van der Waals surface area (Å²) in [6.07, 6.45) is 5.31. The maximum absolute atomic E-state index is 4.13. The molecule has 1 aromatic heterocycles. The van der Waals surface area contributed by atoms with Crippen LogP contribution in [0.15, 0.2) is 48.7 Å². The third-order valence-electron chi connectivity index (χ3n) is 4.18. The van der Waals surface area contributed by atoms with Gasteiger partial charge in [-0.15, -0.1) is 0 Å². The number of nitrogens with one attached hydrogen (secondary N) is 2. The second-order valence-corrected chi connectivity index (χ2v) is 5.49. The number of nitrogens with zero attached hydrogens (tertiary/aromatic N) is 1. The third kappa shape index (κ3) is 1.95. The highest BCUT2D eigenvalue weighted by atomic mass is 15.1. The molecule has 0 radical (unpaired) electrons. The molecule has 2 aromatic carbocycles. The molecule has 1 aliphatic carbocycles. The van der Waals surface area contributed by atoms with Crippen molar-refractivity contribution in [3.05, 3.63) is 59.8 Å². The number of para-hydroxylation sites is 1. The molecule has 100 valence electrons. The van der Waals surface area contributed by atoms with Crippen LogP contribution in [0.1, 0.15) is 17.5 Å². The van der Waals surface area contributed by atoms with E-state index in [2.05, 4.69) is 58.0 Å². The van der Waals surface area contributed by atoms with Gasteiger partial charge in [0.05, 0.1) is 17.4 Å². The highest BCUT2D eigenvalue weighted by Gasteiger charge is 2.18. The molecule has 20 heavy (non-hydrogen) atoms. The van der Waals surface area contributed by atoms with Crippen LogP contribution in [0.2, 0.25) is 0 Å². The molecule has 0 spiro atoms. The van der Waals surface area contributed by atoms with Crippen molar-refractivity contribution in [2.75, 3.05) is 5.32 Å². The quantitative estimate of drug-likeness (QED) is 0.742. The number of fused-ring (bicyclic) bond motifs is 2. The second kappa shape index (κ2) is 4.67. The standard InChI is InChI=1S/C17H17N3/c1-2-5-13-10-15(9-8-12(13)4-1)19-16-7-3-6-14-11-18-20-17(14)16/h1-7,11,15,19H,8-10H2,(H,18,20). The van der Waals surface area contributed by atoms with Gasteiger partial charge in [-0.2, -0.15) is 5.10 Å². The monoisotopic (exact) mass is 263 g/mol. The number of hydrogen-bond donors (Lipinski definition) is 2. The largest absolute Gasteiger partial charge is 0.380 e. The van der Waals surface area contributed by atoms with Gasteiger partial charge >= 0.3 is 0 Å². The molecule has 1 unspecified atom stereocenters. The molecule has 3 heteroatoms. The summed E-state index contributed by atoms with van der Waals surface area (Å²) < 4.78 is 0. The number of benzene rings is 2. The highest BCUT2D eigenvalue weighted by Crippen LogP contribution is 2.26. The van der Waals surface area contributed by atoms with Crippen molar-refractivity contribution in [3.63, 3.8) is 0 Å². The predicted molar refractivity (Wildman–Crippen MR) is 82.0 cm³/mol. The average Bonchev–Trinajstić information content (AvgIpc) is 2.97. The summed E-state index contributed by atoms with van der Waals surface area (Å²) in [5.74, 6) is 0. The minimum atomic E-state index is 0.499. The van der Waals surface area contributed by atoms with E-state index in [0.717, 1.165) is 29.4 Å². The molecule has 0 fully saturated rings. The Balaban J connectivity index is 1.60. The molecular weight excluding hydrogens is 246 g/mol. The summed E-state index contributed by atoms with van der Waals surface area (Å²) in [5, 5.41) is 12.0. The molecule has 3 nitrogen and oxygen atoms in total. The summed E-state index contributed by atoms with van der Waals surface area (Å²) in [7, 11) is 0. The van der Waals surface area contributed by atoms with E-state index in [1.165, 1.54) is 17.5 Å². The fraction of sp³-hybridized carbons (Fsp3) is 0.235. The predicted octanol–water partition coefficient (Wildman–Crippen LogP) is 3.53. The normalized spacial score (nSPS) is 17.9. The summed E-state index contributed by atoms with van der Waals surface area (Å²) in [4.78, 5) is 0. The Bertz CT molecular complexity index is 745. The first-order chi connectivity index (χ1) is 9.90. The van der Waals surface area contributed by atoms with E-state index in [1.54, 1.807) is 0 Å². The molecule has 0 saturated carbocycles. The zero-order valence-corrected chi connectivity index (χ0v) is 11.3. The van der Waals surface area contributed by atoms with Gasteiger partial charge < -0.3 is 5.32 Å². The minimum Gasteiger partial charge on any atom is -0.380 e. The van der Waals surface area contributed by atoms with Crippen LogP contribution in [0.25, 0.3) is 10.9 Å². The summed E-state index contributed by atoms with van der Waals surface area (Å²) in [5.41, 5.74) is 5.24. The first-order valence-electron chi connectivity index (χ1n) is 7.15. The lowest BCUT2D eigenvalue weighted by Gasteiger charge is -2.26. The molecule has 1 atom stereocenters. The van der Waals surface area contributed by atoms with E-state index in [-0.39, 0.29) is 0 Å². The van der Waals surface area contributed by atoms with E-state index >= 15 is 0 Å². The summed E-state index contributed by atoms with van der Waals surface area (Å²) in [6.45, 7) is 0. The molecule has 4 rings (SSSR count). The van der Waals surface area contributed by atoms with Gasteiger partial charge in [0, 0.05) is 11.4 Å². The number of aromatic amines is 1. The SMILES string of the molecule is c1ccc2c(c1)CCC(Nc1cccc3cn[nH]c13)C2. The van der Waals surface area contributed by atoms with Gasteiger partial charge in [0.25, 0.3) is 0 Å². The smallest absolute Gasteiger partial charge is 0.0881 e. The van der Waals surface area contributed by atoms with Gasteiger partial charge in [0.15, 0.2) is 0 Å². The van der Waals surface area contributed by atoms with E-state index < -0.39 is 0 Å². The van der Waals surface area contributed by atoms with Gasteiger partial charge in [-0.3, -0.25) is 5.10 Å². The number of rotatable bonds is 2. The Morgan fingerprint density at radius 1 is 1.05 bits per heavy atom. The van der Waals surface area contributed by atoms with Crippen LogP contribution in [0, 0.1) is 0 Å². The van der Waals surface area contributed by atoms with Crippen LogP contribution in [0.5, 0.6) is 0 Å². The molecular formula is C17H17N3. The second-order valence-electron chi connectivity index (χ2n) is 5.49. The van der Waals surface area contributed by atoms with Crippen molar-refractivity contribution in [1.82, 2.24) is 10.2 Å². The van der Waals surface area contributed by atoms with Crippen molar-refractivity contribution in [2.45, 2.75) is 25.3 Å². The fourth-order valence-electron chi connectivity index (χ4n) is 3.13. The Morgan fingerprint density at radius 3 is 2.90 bits per heavy atom. The van der Waals surface area contributed by atoms with Crippen molar-refractivity contribution in [2.24, 2.45) is 0 Å². The minimum absolute atomic E-state index is 0.499. The number of anilines is 1. The third-order valence-corrected chi connectivity index (χ3v) is 4.18. The first kappa shape index (κ1) is 11.5. The van der Waals surface area contributed by atoms with Gasteiger partial charge in [-0.1, -0.05) is 36.4 Å². The van der Waals surface area contributed by atoms with Crippen molar-refractivity contribution < 1.29 is 0 Å². The van der Waals surface area contributed by atoms with Gasteiger partial charge in [0.2, 0.25) is 0 Å². The maximum atomic E-state index is 4.13. The first-order valence-corrected chi connectivity index (χ1v) is 7.15. The van der Waals surface area contributed by atoms with Crippen LogP contribution in [0.4, 0.5) is 5.69 Å². The van der Waals surface area contributed by atoms with Gasteiger partial charge in [0.1, 0.15) is 0 Å². The fourth-order valence-corrected chi connectivity index (χ4v) is 3.13. The number of hydrogen-bond acceptors (Lipinski definition) is 2. The Morgan fingerprint density at radius 2 is 1.95 bits per heavy atom. The van der Waals surface area contributed by atoms with Crippen LogP contribution in [0.3, 0.4) is 0 Å². The number of H-pyrrole nitrogens is 1. The van der Waals surface area contributed by atoms with Gasteiger partial charge in [-0.05, 0) is 36.5 Å². The topological polar surface area (TPSA) is 40.7 Å². The van der Waals surface area contributed by atoms with E-state index in [1.807, 2.05) is 6.20 Å². The average molecular weight is 263 g/mol. The molecule has 0 aliphatic heterocycles. The van der Waals surface area contributed by atoms with Crippen molar-refractivity contribution in [3.8, 4) is 0 Å². The summed E-state index contributed by atoms with van der Waals surface area (Å²) >= 11 is 0. The zero-order valence-electron chi connectivity index (χ0n) is 11.3. The molecule has 0 saturated heterocycles. The molecule has 0 amide bonds. The van der Waals surface area contributed by atoms with Crippen LogP contribution in [-0.2, 0) is 12.8 Å². The Kier molecular flexibility index (Phi) is 2.69. The summed E-state index contributed by atoms with van der Waals surface area (Å²) in [6, 6.07) is 15.6. The van der Waals surface area contributed by atoms with E-state index in [9.17, 15) is 0 Å². The van der Waals surface area contributed by atoms with Crippen molar-refractivity contribution in [1.29, 1.82) is 0 Å². The van der Waals surface area contributed by atoms with E-state index in [0.29, 0.717) is 6.04 Å². The van der Waals surface area contributed by atoms with E-state index in [4.69, 9.17) is 0 Å². The maximum Gasteiger partial charge on any atom is 0.0881 e. The van der Waals surface area contributed by atoms with Crippen LogP contribution in [-0.4, -0.2) is 16.2 Å². The van der Waals surface area contributed by atoms with Crippen LogP contribution >= 0.6 is 0 Å². The Labute approximate surface area is 118 Å². The van der Waals surface area contributed by atoms with Crippen molar-refractivity contribution >= 4 is 16.6 Å². The Hall–Kier alpha value is -2.29. The molecule has 0 bridgehead atoms. The van der Waals surface area contributed by atoms with Crippen LogP contribution < -0.4 is 5.32 Å². The number of aryl methyl sites for hydroxylation is 1. The molecule has 1 aliphatic rings. The number of aromatic nitrogens is 2. The lowest BCUT2D eigenvalue weighted by atomic mass is 9.88. The molecule has 3 aromatic rings. The molecule has 1 heterocycles. The molecule has 2 N–H and O–H groups in total. The zero-order chi connectivity index (χ0) is 13.4.